The average Bonchev–Trinajstić information content (AvgIpc) is 2.66. The van der Waals surface area contributed by atoms with E-state index in [-0.39, 0.29) is 5.41 Å². The molecule has 0 aromatic carbocycles. The third kappa shape index (κ3) is 16.7. The molecule has 0 radical (unpaired) electrons. The summed E-state index contributed by atoms with van der Waals surface area (Å²) in [7, 11) is 0. The molecule has 2 unspecified atom stereocenters. The van der Waals surface area contributed by atoms with E-state index in [1.54, 1.807) is 0 Å². The van der Waals surface area contributed by atoms with Gasteiger partial charge in [-0.3, -0.25) is 0 Å². The van der Waals surface area contributed by atoms with Crippen LogP contribution in [0.2, 0.25) is 0 Å². The van der Waals surface area contributed by atoms with Gasteiger partial charge in [-0.15, -0.1) is 6.58 Å². The van der Waals surface area contributed by atoms with E-state index in [2.05, 4.69) is 85.4 Å². The Morgan fingerprint density at radius 2 is 1.13 bits per heavy atom. The molecule has 176 valence electrons. The van der Waals surface area contributed by atoms with Crippen molar-refractivity contribution in [3.63, 3.8) is 0 Å². The lowest BCUT2D eigenvalue weighted by Gasteiger charge is -2.24. The van der Waals surface area contributed by atoms with Crippen molar-refractivity contribution in [2.24, 2.45) is 5.41 Å². The fourth-order valence-corrected chi connectivity index (χ4v) is 3.33. The Morgan fingerprint density at radius 1 is 0.677 bits per heavy atom. The minimum Gasteiger partial charge on any atom is -0.386 e. The summed E-state index contributed by atoms with van der Waals surface area (Å²) in [6.45, 7) is 21.2. The molecule has 0 saturated heterocycles. The highest BCUT2D eigenvalue weighted by Crippen LogP contribution is 2.29. The van der Waals surface area contributed by atoms with Gasteiger partial charge in [-0.25, -0.2) is 0 Å². The molecule has 0 aromatic heterocycles. The molecule has 0 bridgehead atoms. The SMILES string of the molecule is C=CC(C)(/C=C/C(C)(O)CC/C=C(\C)CCC=C(C)C)CC/C=C(\C)CCC=C(C)C. The van der Waals surface area contributed by atoms with Crippen LogP contribution >= 0.6 is 0 Å². The van der Waals surface area contributed by atoms with Crippen LogP contribution in [0.4, 0.5) is 0 Å². The van der Waals surface area contributed by atoms with E-state index in [0.717, 1.165) is 51.4 Å². The smallest absolute Gasteiger partial charge is 0.0802 e. The van der Waals surface area contributed by atoms with Crippen LogP contribution in [0.15, 0.2) is 71.4 Å². The van der Waals surface area contributed by atoms with Crippen molar-refractivity contribution in [1.82, 2.24) is 0 Å². The lowest BCUT2D eigenvalue weighted by Crippen LogP contribution is -2.22. The predicted molar refractivity (Wildman–Crippen MR) is 141 cm³/mol. The molecule has 0 aliphatic carbocycles. The van der Waals surface area contributed by atoms with Gasteiger partial charge in [-0.1, -0.05) is 71.7 Å². The Morgan fingerprint density at radius 3 is 1.55 bits per heavy atom. The molecule has 0 fully saturated rings. The molecule has 0 aromatic rings. The Kier molecular flexibility index (Phi) is 14.5. The fourth-order valence-electron chi connectivity index (χ4n) is 3.33. The van der Waals surface area contributed by atoms with E-state index in [4.69, 9.17) is 0 Å². The first-order valence-electron chi connectivity index (χ1n) is 12.0. The van der Waals surface area contributed by atoms with E-state index in [9.17, 15) is 5.11 Å². The largest absolute Gasteiger partial charge is 0.386 e. The van der Waals surface area contributed by atoms with Crippen LogP contribution in [0.25, 0.3) is 0 Å². The minimum absolute atomic E-state index is 0.100. The maximum atomic E-state index is 10.8. The summed E-state index contributed by atoms with van der Waals surface area (Å²) < 4.78 is 0. The van der Waals surface area contributed by atoms with Crippen molar-refractivity contribution in [3.8, 4) is 0 Å². The van der Waals surface area contributed by atoms with E-state index >= 15 is 0 Å². The molecule has 0 rings (SSSR count). The van der Waals surface area contributed by atoms with Crippen molar-refractivity contribution >= 4 is 0 Å². The molecule has 0 amide bonds. The molecule has 1 N–H and O–H groups in total. The van der Waals surface area contributed by atoms with Crippen LogP contribution in [-0.4, -0.2) is 10.7 Å². The van der Waals surface area contributed by atoms with Gasteiger partial charge in [0.15, 0.2) is 0 Å². The van der Waals surface area contributed by atoms with Crippen LogP contribution in [0.3, 0.4) is 0 Å². The topological polar surface area (TPSA) is 20.2 Å². The molecule has 0 aliphatic heterocycles. The zero-order valence-corrected chi connectivity index (χ0v) is 21.9. The molecule has 1 nitrogen and oxygen atoms in total. The molecule has 0 spiro atoms. The molecular weight excluding hydrogens is 376 g/mol. The Bertz CT molecular complexity index is 673. The van der Waals surface area contributed by atoms with Gasteiger partial charge in [-0.2, -0.15) is 0 Å². The summed E-state index contributed by atoms with van der Waals surface area (Å²) in [5, 5.41) is 10.8. The van der Waals surface area contributed by atoms with E-state index in [0.29, 0.717) is 0 Å². The molecule has 2 atom stereocenters. The zero-order valence-electron chi connectivity index (χ0n) is 21.9. The summed E-state index contributed by atoms with van der Waals surface area (Å²) in [4.78, 5) is 0. The molecule has 0 aliphatic rings. The highest BCUT2D eigenvalue weighted by Gasteiger charge is 2.20. The summed E-state index contributed by atoms with van der Waals surface area (Å²) in [6.07, 6.45) is 23.5. The van der Waals surface area contributed by atoms with Crippen LogP contribution in [0.5, 0.6) is 0 Å². The second kappa shape index (κ2) is 15.2. The van der Waals surface area contributed by atoms with Crippen LogP contribution in [0.1, 0.15) is 107 Å². The summed E-state index contributed by atoms with van der Waals surface area (Å²) in [6, 6.07) is 0. The Hall–Kier alpha value is -1.60. The quantitative estimate of drug-likeness (QED) is 0.258. The van der Waals surface area contributed by atoms with Gasteiger partial charge < -0.3 is 5.11 Å². The van der Waals surface area contributed by atoms with Gasteiger partial charge in [0.1, 0.15) is 0 Å². The number of hydrogen-bond donors (Lipinski definition) is 1. The van der Waals surface area contributed by atoms with E-state index in [1.807, 2.05) is 19.1 Å². The van der Waals surface area contributed by atoms with Crippen molar-refractivity contribution in [2.75, 3.05) is 0 Å². The highest BCUT2D eigenvalue weighted by atomic mass is 16.3. The van der Waals surface area contributed by atoms with E-state index in [1.165, 1.54) is 22.3 Å². The number of hydrogen-bond acceptors (Lipinski definition) is 1. The van der Waals surface area contributed by atoms with Gasteiger partial charge >= 0.3 is 0 Å². The number of rotatable bonds is 15. The molecular formula is C30H50O. The van der Waals surface area contributed by atoms with E-state index < -0.39 is 5.60 Å². The van der Waals surface area contributed by atoms with Gasteiger partial charge in [-0.05, 0) is 99.8 Å². The second-order valence-electron chi connectivity index (χ2n) is 10.2. The van der Waals surface area contributed by atoms with Crippen molar-refractivity contribution < 1.29 is 5.11 Å². The average molecular weight is 427 g/mol. The van der Waals surface area contributed by atoms with Crippen molar-refractivity contribution in [3.05, 3.63) is 71.4 Å². The first-order chi connectivity index (χ1) is 14.4. The lowest BCUT2D eigenvalue weighted by molar-refractivity contribution is 0.102. The van der Waals surface area contributed by atoms with Gasteiger partial charge in [0.2, 0.25) is 0 Å². The summed E-state index contributed by atoms with van der Waals surface area (Å²) >= 11 is 0. The van der Waals surface area contributed by atoms with Crippen molar-refractivity contribution in [1.29, 1.82) is 0 Å². The summed E-state index contributed by atoms with van der Waals surface area (Å²) in [5.74, 6) is 0. The maximum absolute atomic E-state index is 10.8. The molecule has 31 heavy (non-hydrogen) atoms. The minimum atomic E-state index is -0.795. The Labute approximate surface area is 194 Å². The van der Waals surface area contributed by atoms with Gasteiger partial charge in [0.05, 0.1) is 5.60 Å². The maximum Gasteiger partial charge on any atom is 0.0802 e. The van der Waals surface area contributed by atoms with Crippen LogP contribution in [0, 0.1) is 5.41 Å². The lowest BCUT2D eigenvalue weighted by atomic mass is 9.83. The zero-order chi connectivity index (χ0) is 23.9. The first kappa shape index (κ1) is 29.4. The molecule has 0 saturated carbocycles. The normalized spacial score (nSPS) is 16.5. The van der Waals surface area contributed by atoms with Crippen LogP contribution < -0.4 is 0 Å². The standard InChI is InChI=1S/C30H50O/c1-10-29(8,21-13-19-27(6)17-11-15-25(2)3)23-24-30(9,31)22-14-20-28(7)18-12-16-26(4)5/h10,15-16,19-20,23-24,31H,1,11-14,17-18,21-22H2,2-9H3/b24-23+,27-19+,28-20+. The fraction of sp³-hybridized carbons (Fsp3) is 0.600. The summed E-state index contributed by atoms with van der Waals surface area (Å²) in [5.41, 5.74) is 4.72. The second-order valence-corrected chi connectivity index (χ2v) is 10.2. The first-order valence-corrected chi connectivity index (χ1v) is 12.0. The van der Waals surface area contributed by atoms with Gasteiger partial charge in [0, 0.05) is 5.41 Å². The Balaban J connectivity index is 4.66. The monoisotopic (exact) mass is 426 g/mol. The number of allylic oxidation sites excluding steroid dienone is 10. The molecule has 1 heteroatoms. The molecule has 0 heterocycles. The highest BCUT2D eigenvalue weighted by molar-refractivity contribution is 5.13. The predicted octanol–water partition coefficient (Wildman–Crippen LogP) is 9.43. The number of aliphatic hydroxyl groups is 1. The third-order valence-electron chi connectivity index (χ3n) is 5.79. The van der Waals surface area contributed by atoms with Gasteiger partial charge in [0.25, 0.3) is 0 Å². The van der Waals surface area contributed by atoms with Crippen LogP contribution in [-0.2, 0) is 0 Å². The van der Waals surface area contributed by atoms with Crippen molar-refractivity contribution in [2.45, 2.75) is 112 Å². The third-order valence-corrected chi connectivity index (χ3v) is 5.79.